The number of ether oxygens (including phenoxy) is 1. The number of aryl methyl sites for hydroxylation is 1. The highest BCUT2D eigenvalue weighted by atomic mass is 32.1. The van der Waals surface area contributed by atoms with Crippen LogP contribution in [0.2, 0.25) is 0 Å². The van der Waals surface area contributed by atoms with Gasteiger partial charge in [-0.2, -0.15) is 0 Å². The molecule has 178 valence electrons. The molecule has 1 unspecified atom stereocenters. The molecule has 3 heterocycles. The van der Waals surface area contributed by atoms with Gasteiger partial charge in [-0.3, -0.25) is 9.59 Å². The van der Waals surface area contributed by atoms with E-state index in [1.54, 1.807) is 34.5 Å². The van der Waals surface area contributed by atoms with Gasteiger partial charge in [0, 0.05) is 38.8 Å². The fourth-order valence-corrected chi connectivity index (χ4v) is 4.89. The van der Waals surface area contributed by atoms with E-state index in [1.165, 1.54) is 16.2 Å². The molecule has 1 atom stereocenters. The fourth-order valence-electron chi connectivity index (χ4n) is 3.90. The van der Waals surface area contributed by atoms with Gasteiger partial charge in [-0.1, -0.05) is 11.3 Å². The number of amides is 2. The number of benzene rings is 1. The molecule has 1 saturated heterocycles. The molecule has 1 aliphatic rings. The van der Waals surface area contributed by atoms with Gasteiger partial charge in [-0.25, -0.2) is 15.0 Å². The van der Waals surface area contributed by atoms with E-state index in [9.17, 15) is 9.59 Å². The number of aromatic nitrogens is 3. The lowest BCUT2D eigenvalue weighted by Gasteiger charge is -2.32. The summed E-state index contributed by atoms with van der Waals surface area (Å²) in [5.41, 5.74) is 2.41. The molecular formula is C24H28N6O3S. The van der Waals surface area contributed by atoms with Crippen LogP contribution in [0.5, 0.6) is 5.75 Å². The molecule has 34 heavy (non-hydrogen) atoms. The Morgan fingerprint density at radius 1 is 1.21 bits per heavy atom. The van der Waals surface area contributed by atoms with Crippen LogP contribution < -0.4 is 15.0 Å². The second-order valence-corrected chi connectivity index (χ2v) is 9.40. The monoisotopic (exact) mass is 480 g/mol. The van der Waals surface area contributed by atoms with Gasteiger partial charge in [0.15, 0.2) is 5.13 Å². The molecule has 4 rings (SSSR count). The summed E-state index contributed by atoms with van der Waals surface area (Å²) >= 11 is 1.21. The van der Waals surface area contributed by atoms with Crippen LogP contribution in [0.3, 0.4) is 0 Å². The van der Waals surface area contributed by atoms with Crippen LogP contribution in [0.25, 0.3) is 11.3 Å². The molecular weight excluding hydrogens is 452 g/mol. The molecule has 1 aromatic carbocycles. The number of carbonyl (C=O) groups excluding carboxylic acids is 2. The highest BCUT2D eigenvalue weighted by molar-refractivity contribution is 7.17. The minimum absolute atomic E-state index is 0.0910. The minimum Gasteiger partial charge on any atom is -0.497 e. The van der Waals surface area contributed by atoms with Gasteiger partial charge in [0.05, 0.1) is 24.4 Å². The summed E-state index contributed by atoms with van der Waals surface area (Å²) in [6.07, 6.45) is 3.22. The molecule has 0 saturated carbocycles. The maximum Gasteiger partial charge on any atom is 0.265 e. The third-order valence-corrected chi connectivity index (χ3v) is 6.84. The maximum atomic E-state index is 13.0. The average molecular weight is 481 g/mol. The Hall–Kier alpha value is -3.53. The van der Waals surface area contributed by atoms with E-state index in [0.717, 1.165) is 42.2 Å². The lowest BCUT2D eigenvalue weighted by Crippen LogP contribution is -2.41. The Morgan fingerprint density at radius 3 is 2.68 bits per heavy atom. The van der Waals surface area contributed by atoms with Crippen molar-refractivity contribution in [2.24, 2.45) is 5.92 Å². The van der Waals surface area contributed by atoms with Gasteiger partial charge in [0.2, 0.25) is 5.91 Å². The van der Waals surface area contributed by atoms with Crippen LogP contribution in [-0.2, 0) is 4.79 Å². The van der Waals surface area contributed by atoms with Crippen molar-refractivity contribution in [2.45, 2.75) is 19.8 Å². The topological polar surface area (TPSA) is 101 Å². The van der Waals surface area contributed by atoms with Crippen molar-refractivity contribution in [3.8, 4) is 17.0 Å². The number of hydrogen-bond donors (Lipinski definition) is 1. The molecule has 2 amide bonds. The first-order valence-corrected chi connectivity index (χ1v) is 11.9. The second-order valence-electron chi connectivity index (χ2n) is 8.40. The van der Waals surface area contributed by atoms with Crippen LogP contribution in [0, 0.1) is 12.8 Å². The van der Waals surface area contributed by atoms with E-state index in [0.29, 0.717) is 22.2 Å². The van der Waals surface area contributed by atoms with Crippen LogP contribution >= 0.6 is 11.3 Å². The number of anilines is 2. The van der Waals surface area contributed by atoms with E-state index >= 15 is 0 Å². The van der Waals surface area contributed by atoms with Gasteiger partial charge in [-0.15, -0.1) is 0 Å². The quantitative estimate of drug-likeness (QED) is 0.576. The first kappa shape index (κ1) is 23.6. The normalized spacial score (nSPS) is 15.6. The standard InChI is InChI=1S/C24H28N6O3S/c1-15-21(23(32)29(2)3)34-24(27-15)28-22(31)17-6-5-11-30(13-17)20-12-19(25-14-26-20)16-7-9-18(33-4)10-8-16/h7-10,12,14,17H,5-6,11,13H2,1-4H3,(H,27,28,31). The Labute approximate surface area is 202 Å². The maximum absolute atomic E-state index is 13.0. The van der Waals surface area contributed by atoms with Gasteiger partial charge in [-0.05, 0) is 44.0 Å². The second kappa shape index (κ2) is 10.2. The predicted molar refractivity (Wildman–Crippen MR) is 132 cm³/mol. The zero-order chi connectivity index (χ0) is 24.2. The summed E-state index contributed by atoms with van der Waals surface area (Å²) in [5, 5.41) is 3.37. The summed E-state index contributed by atoms with van der Waals surface area (Å²) in [6.45, 7) is 3.15. The van der Waals surface area contributed by atoms with Crippen molar-refractivity contribution in [3.63, 3.8) is 0 Å². The van der Waals surface area contributed by atoms with E-state index in [4.69, 9.17) is 4.74 Å². The summed E-state index contributed by atoms with van der Waals surface area (Å²) < 4.78 is 5.23. The van der Waals surface area contributed by atoms with Crippen molar-refractivity contribution in [1.82, 2.24) is 19.9 Å². The third kappa shape index (κ3) is 5.17. The van der Waals surface area contributed by atoms with Crippen molar-refractivity contribution in [1.29, 1.82) is 0 Å². The molecule has 0 radical (unpaired) electrons. The molecule has 0 bridgehead atoms. The van der Waals surface area contributed by atoms with Crippen molar-refractivity contribution < 1.29 is 14.3 Å². The third-order valence-electron chi connectivity index (χ3n) is 5.78. The highest BCUT2D eigenvalue weighted by Gasteiger charge is 2.28. The number of piperidine rings is 1. The van der Waals surface area contributed by atoms with Crippen molar-refractivity contribution >= 4 is 34.1 Å². The van der Waals surface area contributed by atoms with Gasteiger partial charge < -0.3 is 19.9 Å². The largest absolute Gasteiger partial charge is 0.497 e. The molecule has 1 aliphatic heterocycles. The Morgan fingerprint density at radius 2 is 1.97 bits per heavy atom. The average Bonchev–Trinajstić information content (AvgIpc) is 3.23. The molecule has 0 aliphatic carbocycles. The van der Waals surface area contributed by atoms with E-state index in [2.05, 4.69) is 25.2 Å². The molecule has 1 N–H and O–H groups in total. The molecule has 0 spiro atoms. The summed E-state index contributed by atoms with van der Waals surface area (Å²) in [7, 11) is 5.03. The number of hydrogen-bond acceptors (Lipinski definition) is 8. The van der Waals surface area contributed by atoms with Crippen LogP contribution in [0.15, 0.2) is 36.7 Å². The first-order valence-electron chi connectivity index (χ1n) is 11.1. The minimum atomic E-state index is -0.203. The van der Waals surface area contributed by atoms with E-state index in [1.807, 2.05) is 30.3 Å². The number of rotatable bonds is 6. The van der Waals surface area contributed by atoms with Crippen LogP contribution in [0.1, 0.15) is 28.2 Å². The lowest BCUT2D eigenvalue weighted by atomic mass is 9.97. The Bertz CT molecular complexity index is 1180. The van der Waals surface area contributed by atoms with Crippen molar-refractivity contribution in [3.05, 3.63) is 47.2 Å². The lowest BCUT2D eigenvalue weighted by molar-refractivity contribution is -0.120. The van der Waals surface area contributed by atoms with E-state index in [-0.39, 0.29) is 17.7 Å². The highest BCUT2D eigenvalue weighted by Crippen LogP contribution is 2.28. The zero-order valence-electron chi connectivity index (χ0n) is 19.7. The molecule has 9 nitrogen and oxygen atoms in total. The zero-order valence-corrected chi connectivity index (χ0v) is 20.6. The Balaban J connectivity index is 1.45. The molecule has 1 fully saturated rings. The van der Waals surface area contributed by atoms with Crippen LogP contribution in [-0.4, -0.2) is 66.0 Å². The number of carbonyl (C=O) groups is 2. The summed E-state index contributed by atoms with van der Waals surface area (Å²) in [5.74, 6) is 1.17. The van der Waals surface area contributed by atoms with Crippen LogP contribution in [0.4, 0.5) is 10.9 Å². The van der Waals surface area contributed by atoms with Gasteiger partial charge in [0.1, 0.15) is 22.8 Å². The van der Waals surface area contributed by atoms with Crippen molar-refractivity contribution in [2.75, 3.05) is 44.5 Å². The Kier molecular flexibility index (Phi) is 7.06. The molecule has 2 aromatic heterocycles. The van der Waals surface area contributed by atoms with E-state index < -0.39 is 0 Å². The number of nitrogens with zero attached hydrogens (tertiary/aromatic N) is 5. The fraction of sp³-hybridized carbons (Fsp3) is 0.375. The summed E-state index contributed by atoms with van der Waals surface area (Å²) in [6, 6.07) is 9.67. The molecule has 10 heteroatoms. The molecule has 3 aromatic rings. The predicted octanol–water partition coefficient (Wildman–Crippen LogP) is 3.47. The number of thiazole rings is 1. The first-order chi connectivity index (χ1) is 16.4. The smallest absolute Gasteiger partial charge is 0.265 e. The summed E-state index contributed by atoms with van der Waals surface area (Å²) in [4.78, 5) is 42.7. The number of methoxy groups -OCH3 is 1. The van der Waals surface area contributed by atoms with Gasteiger partial charge in [0.25, 0.3) is 5.91 Å². The SMILES string of the molecule is COc1ccc(-c2cc(N3CCCC(C(=O)Nc4nc(C)c(C(=O)N(C)C)s4)C3)ncn2)cc1. The van der Waals surface area contributed by atoms with Gasteiger partial charge >= 0.3 is 0 Å². The number of nitrogens with one attached hydrogen (secondary N) is 1.